The van der Waals surface area contributed by atoms with Crippen LogP contribution in [0.3, 0.4) is 0 Å². The summed E-state index contributed by atoms with van der Waals surface area (Å²) in [5, 5.41) is 4.57. The van der Waals surface area contributed by atoms with Crippen molar-refractivity contribution in [2.45, 2.75) is 39.7 Å². The standard InChI is InChI=1S/C14H29N5/c1-7-9-12-13(15)14(18(6)16-12)19(8-2)11(3)10-17(4)5/h11H,7-10,15H2,1-6H3. The second-order valence-corrected chi connectivity index (χ2v) is 5.45. The van der Waals surface area contributed by atoms with Gasteiger partial charge in [-0.25, -0.2) is 0 Å². The summed E-state index contributed by atoms with van der Waals surface area (Å²) in [4.78, 5) is 4.54. The third kappa shape index (κ3) is 3.62. The predicted octanol–water partition coefficient (Wildman–Crippen LogP) is 1.73. The first-order valence-corrected chi connectivity index (χ1v) is 7.15. The average molecular weight is 267 g/mol. The summed E-state index contributed by atoms with van der Waals surface area (Å²) in [6, 6.07) is 0.409. The second kappa shape index (κ2) is 6.80. The van der Waals surface area contributed by atoms with E-state index in [9.17, 15) is 0 Å². The third-order valence-electron chi connectivity index (χ3n) is 3.39. The van der Waals surface area contributed by atoms with E-state index >= 15 is 0 Å². The van der Waals surface area contributed by atoms with Crippen molar-refractivity contribution in [3.05, 3.63) is 5.69 Å². The molecule has 0 radical (unpaired) electrons. The van der Waals surface area contributed by atoms with Crippen LogP contribution in [-0.4, -0.2) is 47.9 Å². The van der Waals surface area contributed by atoms with Gasteiger partial charge >= 0.3 is 0 Å². The molecule has 2 N–H and O–H groups in total. The van der Waals surface area contributed by atoms with Gasteiger partial charge in [0.2, 0.25) is 0 Å². The molecule has 0 bridgehead atoms. The van der Waals surface area contributed by atoms with Gasteiger partial charge in [0.15, 0.2) is 5.82 Å². The molecule has 0 amide bonds. The van der Waals surface area contributed by atoms with Gasteiger partial charge in [-0.3, -0.25) is 4.68 Å². The maximum absolute atomic E-state index is 6.30. The number of anilines is 2. The molecule has 5 nitrogen and oxygen atoms in total. The molecule has 0 saturated heterocycles. The lowest BCUT2D eigenvalue weighted by atomic mass is 10.2. The first-order valence-electron chi connectivity index (χ1n) is 7.15. The van der Waals surface area contributed by atoms with Crippen LogP contribution < -0.4 is 10.6 Å². The van der Waals surface area contributed by atoms with Gasteiger partial charge in [0, 0.05) is 26.2 Å². The van der Waals surface area contributed by atoms with Gasteiger partial charge in [0.25, 0.3) is 0 Å². The lowest BCUT2D eigenvalue weighted by Gasteiger charge is -2.32. The molecule has 0 aromatic carbocycles. The van der Waals surface area contributed by atoms with E-state index in [1.807, 2.05) is 11.7 Å². The number of aryl methyl sites for hydroxylation is 2. The molecule has 0 saturated carbocycles. The zero-order chi connectivity index (χ0) is 14.6. The van der Waals surface area contributed by atoms with E-state index in [1.165, 1.54) is 0 Å². The van der Waals surface area contributed by atoms with E-state index < -0.39 is 0 Å². The highest BCUT2D eigenvalue weighted by Crippen LogP contribution is 2.28. The van der Waals surface area contributed by atoms with Crippen molar-refractivity contribution in [2.24, 2.45) is 7.05 Å². The minimum atomic E-state index is 0.409. The summed E-state index contributed by atoms with van der Waals surface area (Å²) in [7, 11) is 6.18. The zero-order valence-corrected chi connectivity index (χ0v) is 13.3. The zero-order valence-electron chi connectivity index (χ0n) is 13.3. The number of nitrogens with zero attached hydrogens (tertiary/aromatic N) is 4. The van der Waals surface area contributed by atoms with Gasteiger partial charge in [-0.15, -0.1) is 0 Å². The van der Waals surface area contributed by atoms with E-state index in [0.717, 1.165) is 43.1 Å². The molecule has 1 aromatic rings. The van der Waals surface area contributed by atoms with Gasteiger partial charge in [0.1, 0.15) is 0 Å². The summed E-state index contributed by atoms with van der Waals surface area (Å²) in [5.41, 5.74) is 8.16. The molecule has 1 aromatic heterocycles. The fourth-order valence-electron chi connectivity index (χ4n) is 2.64. The van der Waals surface area contributed by atoms with E-state index in [-0.39, 0.29) is 0 Å². The van der Waals surface area contributed by atoms with Crippen LogP contribution >= 0.6 is 0 Å². The SMILES string of the molecule is CCCc1nn(C)c(N(CC)C(C)CN(C)C)c1N. The predicted molar refractivity (Wildman–Crippen MR) is 82.7 cm³/mol. The summed E-state index contributed by atoms with van der Waals surface area (Å²) in [5.74, 6) is 1.06. The van der Waals surface area contributed by atoms with Crippen molar-refractivity contribution in [2.75, 3.05) is 37.8 Å². The number of nitrogens with two attached hydrogens (primary N) is 1. The molecule has 0 aliphatic heterocycles. The highest BCUT2D eigenvalue weighted by molar-refractivity contribution is 5.67. The molecule has 0 fully saturated rings. The summed E-state index contributed by atoms with van der Waals surface area (Å²) in [6.45, 7) is 8.49. The van der Waals surface area contributed by atoms with Crippen LogP contribution in [-0.2, 0) is 13.5 Å². The monoisotopic (exact) mass is 267 g/mol. The molecule has 0 aliphatic rings. The summed E-state index contributed by atoms with van der Waals surface area (Å²) < 4.78 is 1.93. The Kier molecular flexibility index (Phi) is 5.66. The second-order valence-electron chi connectivity index (χ2n) is 5.45. The van der Waals surface area contributed by atoms with Crippen LogP contribution in [0.5, 0.6) is 0 Å². The van der Waals surface area contributed by atoms with E-state index in [0.29, 0.717) is 6.04 Å². The fraction of sp³-hybridized carbons (Fsp3) is 0.786. The lowest BCUT2D eigenvalue weighted by molar-refractivity contribution is 0.371. The van der Waals surface area contributed by atoms with Crippen molar-refractivity contribution in [3.8, 4) is 0 Å². The van der Waals surface area contributed by atoms with Gasteiger partial charge < -0.3 is 15.5 Å². The average Bonchev–Trinajstić information content (AvgIpc) is 2.57. The number of rotatable bonds is 7. The normalized spacial score (nSPS) is 13.0. The molecular weight excluding hydrogens is 238 g/mol. The maximum atomic E-state index is 6.30. The fourth-order valence-corrected chi connectivity index (χ4v) is 2.64. The number of likely N-dealkylation sites (N-methyl/N-ethyl adjacent to an activating group) is 2. The Morgan fingerprint density at radius 2 is 1.95 bits per heavy atom. The van der Waals surface area contributed by atoms with Crippen LogP contribution in [0.4, 0.5) is 11.5 Å². The first-order chi connectivity index (χ1) is 8.92. The molecule has 5 heteroatoms. The number of aromatic nitrogens is 2. The van der Waals surface area contributed by atoms with Crippen LogP contribution in [0.15, 0.2) is 0 Å². The van der Waals surface area contributed by atoms with E-state index in [2.05, 4.69) is 49.8 Å². The van der Waals surface area contributed by atoms with E-state index in [4.69, 9.17) is 5.73 Å². The largest absolute Gasteiger partial charge is 0.394 e. The molecule has 0 aliphatic carbocycles. The molecule has 1 heterocycles. The number of hydrogen-bond acceptors (Lipinski definition) is 4. The maximum Gasteiger partial charge on any atom is 0.150 e. The minimum Gasteiger partial charge on any atom is -0.394 e. The number of nitrogen functional groups attached to an aromatic ring is 1. The van der Waals surface area contributed by atoms with Crippen LogP contribution in [0.25, 0.3) is 0 Å². The van der Waals surface area contributed by atoms with Crippen LogP contribution in [0.2, 0.25) is 0 Å². The Bertz CT molecular complexity index is 397. The van der Waals surface area contributed by atoms with Crippen molar-refractivity contribution < 1.29 is 0 Å². The van der Waals surface area contributed by atoms with Gasteiger partial charge in [-0.2, -0.15) is 5.10 Å². The Morgan fingerprint density at radius 1 is 1.32 bits per heavy atom. The van der Waals surface area contributed by atoms with Crippen molar-refractivity contribution in [1.82, 2.24) is 14.7 Å². The first kappa shape index (κ1) is 15.8. The van der Waals surface area contributed by atoms with Crippen molar-refractivity contribution in [1.29, 1.82) is 0 Å². The topological polar surface area (TPSA) is 50.3 Å². The highest BCUT2D eigenvalue weighted by Gasteiger charge is 2.22. The number of hydrogen-bond donors (Lipinski definition) is 1. The molecular formula is C14H29N5. The smallest absolute Gasteiger partial charge is 0.150 e. The molecule has 1 rings (SSSR count). The summed E-state index contributed by atoms with van der Waals surface area (Å²) in [6.07, 6.45) is 2.01. The van der Waals surface area contributed by atoms with Crippen LogP contribution in [0.1, 0.15) is 32.9 Å². The lowest BCUT2D eigenvalue weighted by Crippen LogP contribution is -2.41. The Hall–Kier alpha value is -1.23. The molecule has 110 valence electrons. The highest BCUT2D eigenvalue weighted by atomic mass is 15.4. The van der Waals surface area contributed by atoms with Gasteiger partial charge in [0.05, 0.1) is 11.4 Å². The Balaban J connectivity index is 3.04. The Morgan fingerprint density at radius 3 is 2.42 bits per heavy atom. The third-order valence-corrected chi connectivity index (χ3v) is 3.39. The quantitative estimate of drug-likeness (QED) is 0.817. The summed E-state index contributed by atoms with van der Waals surface area (Å²) >= 11 is 0. The molecule has 1 atom stereocenters. The van der Waals surface area contributed by atoms with Crippen molar-refractivity contribution >= 4 is 11.5 Å². The Labute approximate surface area is 117 Å². The van der Waals surface area contributed by atoms with E-state index in [1.54, 1.807) is 0 Å². The molecule has 19 heavy (non-hydrogen) atoms. The molecule has 1 unspecified atom stereocenters. The van der Waals surface area contributed by atoms with Crippen molar-refractivity contribution in [3.63, 3.8) is 0 Å². The van der Waals surface area contributed by atoms with Gasteiger partial charge in [-0.1, -0.05) is 13.3 Å². The minimum absolute atomic E-state index is 0.409. The van der Waals surface area contributed by atoms with Gasteiger partial charge in [-0.05, 0) is 34.4 Å². The molecule has 0 spiro atoms. The van der Waals surface area contributed by atoms with Crippen LogP contribution in [0, 0.1) is 0 Å².